The average molecular weight is 349 g/mol. The molecule has 0 saturated heterocycles. The summed E-state index contributed by atoms with van der Waals surface area (Å²) in [4.78, 5) is 12.3. The summed E-state index contributed by atoms with van der Waals surface area (Å²) in [6.07, 6.45) is 0. The van der Waals surface area contributed by atoms with Crippen molar-refractivity contribution in [3.05, 3.63) is 58.1 Å². The van der Waals surface area contributed by atoms with Crippen LogP contribution in [0.25, 0.3) is 0 Å². The summed E-state index contributed by atoms with van der Waals surface area (Å²) in [7, 11) is 1.53. The highest BCUT2D eigenvalue weighted by atomic mass is 79.9. The van der Waals surface area contributed by atoms with Crippen LogP contribution in [0.1, 0.15) is 28.9 Å². The highest BCUT2D eigenvalue weighted by Gasteiger charge is 2.13. The molecule has 5 heteroatoms. The molecule has 0 aliphatic heterocycles. The number of carbonyl (C=O) groups excluding carboxylic acids is 1. The molecule has 0 fully saturated rings. The van der Waals surface area contributed by atoms with Crippen LogP contribution < -0.4 is 15.8 Å². The fourth-order valence-corrected chi connectivity index (χ4v) is 2.23. The number of benzene rings is 2. The molecule has 0 aliphatic carbocycles. The van der Waals surface area contributed by atoms with Crippen LogP contribution in [0.5, 0.6) is 5.75 Å². The molecule has 0 heterocycles. The Bertz CT molecular complexity index is 641. The van der Waals surface area contributed by atoms with Gasteiger partial charge in [-0.05, 0) is 42.8 Å². The van der Waals surface area contributed by atoms with Crippen molar-refractivity contribution in [2.24, 2.45) is 0 Å². The third kappa shape index (κ3) is 3.76. The molecule has 2 aromatic carbocycles. The first kappa shape index (κ1) is 15.4. The zero-order valence-corrected chi connectivity index (χ0v) is 13.5. The molecule has 0 spiro atoms. The number of nitrogens with two attached hydrogens (primary N) is 1. The number of nitrogen functional groups attached to an aromatic ring is 1. The van der Waals surface area contributed by atoms with E-state index in [1.807, 2.05) is 31.2 Å². The SMILES string of the molecule is COc1cc(C(=O)NC(C)c2ccc(Br)cc2)ccc1N. The Balaban J connectivity index is 2.12. The predicted octanol–water partition coefficient (Wildman–Crippen LogP) is 3.53. The molecule has 0 aromatic heterocycles. The first-order valence-electron chi connectivity index (χ1n) is 6.51. The van der Waals surface area contributed by atoms with Gasteiger partial charge in [-0.15, -0.1) is 0 Å². The number of rotatable bonds is 4. The van der Waals surface area contributed by atoms with Crippen LogP contribution in [-0.4, -0.2) is 13.0 Å². The lowest BCUT2D eigenvalue weighted by molar-refractivity contribution is 0.0939. The summed E-state index contributed by atoms with van der Waals surface area (Å²) >= 11 is 3.39. The highest BCUT2D eigenvalue weighted by molar-refractivity contribution is 9.10. The van der Waals surface area contributed by atoms with Crippen LogP contribution in [0.3, 0.4) is 0 Å². The van der Waals surface area contributed by atoms with Crippen molar-refractivity contribution in [2.45, 2.75) is 13.0 Å². The number of hydrogen-bond acceptors (Lipinski definition) is 3. The van der Waals surface area contributed by atoms with Gasteiger partial charge in [-0.2, -0.15) is 0 Å². The smallest absolute Gasteiger partial charge is 0.251 e. The number of amides is 1. The van der Waals surface area contributed by atoms with Gasteiger partial charge in [0.1, 0.15) is 5.75 Å². The molecule has 1 atom stereocenters. The fraction of sp³-hybridized carbons (Fsp3) is 0.188. The van der Waals surface area contributed by atoms with Crippen molar-refractivity contribution in [2.75, 3.05) is 12.8 Å². The lowest BCUT2D eigenvalue weighted by Gasteiger charge is -2.15. The number of nitrogens with one attached hydrogen (secondary N) is 1. The molecule has 2 aromatic rings. The Morgan fingerprint density at radius 2 is 1.90 bits per heavy atom. The molecule has 0 saturated carbocycles. The molecular formula is C16H17BrN2O2. The van der Waals surface area contributed by atoms with E-state index in [4.69, 9.17) is 10.5 Å². The molecule has 0 aliphatic rings. The van der Waals surface area contributed by atoms with Gasteiger partial charge in [0.15, 0.2) is 0 Å². The van der Waals surface area contributed by atoms with Gasteiger partial charge in [0.05, 0.1) is 18.8 Å². The lowest BCUT2D eigenvalue weighted by atomic mass is 10.1. The number of methoxy groups -OCH3 is 1. The number of carbonyl (C=O) groups is 1. The van der Waals surface area contributed by atoms with Gasteiger partial charge in [0.2, 0.25) is 0 Å². The van der Waals surface area contributed by atoms with Crippen molar-refractivity contribution in [1.82, 2.24) is 5.32 Å². The molecule has 110 valence electrons. The predicted molar refractivity (Wildman–Crippen MR) is 87.4 cm³/mol. The maximum absolute atomic E-state index is 12.3. The number of ether oxygens (including phenoxy) is 1. The van der Waals surface area contributed by atoms with E-state index in [2.05, 4.69) is 21.2 Å². The molecule has 21 heavy (non-hydrogen) atoms. The Morgan fingerprint density at radius 1 is 1.24 bits per heavy atom. The van der Waals surface area contributed by atoms with Crippen LogP contribution in [0.2, 0.25) is 0 Å². The van der Waals surface area contributed by atoms with Crippen molar-refractivity contribution >= 4 is 27.5 Å². The van der Waals surface area contributed by atoms with Crippen LogP contribution in [0, 0.1) is 0 Å². The monoisotopic (exact) mass is 348 g/mol. The molecule has 1 unspecified atom stereocenters. The Hall–Kier alpha value is -2.01. The minimum absolute atomic E-state index is 0.0888. The minimum atomic E-state index is -0.163. The van der Waals surface area contributed by atoms with Gasteiger partial charge < -0.3 is 15.8 Å². The zero-order valence-electron chi connectivity index (χ0n) is 11.9. The maximum atomic E-state index is 12.3. The van der Waals surface area contributed by atoms with Crippen molar-refractivity contribution in [3.63, 3.8) is 0 Å². The van der Waals surface area contributed by atoms with Crippen LogP contribution in [0.15, 0.2) is 46.9 Å². The molecule has 1 amide bonds. The minimum Gasteiger partial charge on any atom is -0.495 e. The second-order valence-corrected chi connectivity index (χ2v) is 5.62. The van der Waals surface area contributed by atoms with E-state index in [9.17, 15) is 4.79 Å². The largest absolute Gasteiger partial charge is 0.495 e. The Morgan fingerprint density at radius 3 is 2.52 bits per heavy atom. The Kier molecular flexibility index (Phi) is 4.85. The topological polar surface area (TPSA) is 64.3 Å². The van der Waals surface area contributed by atoms with Crippen molar-refractivity contribution < 1.29 is 9.53 Å². The van der Waals surface area contributed by atoms with E-state index in [0.29, 0.717) is 17.0 Å². The molecule has 4 nitrogen and oxygen atoms in total. The van der Waals surface area contributed by atoms with Crippen molar-refractivity contribution in [1.29, 1.82) is 0 Å². The van der Waals surface area contributed by atoms with E-state index in [0.717, 1.165) is 10.0 Å². The van der Waals surface area contributed by atoms with E-state index in [1.54, 1.807) is 18.2 Å². The summed E-state index contributed by atoms with van der Waals surface area (Å²) in [5.41, 5.74) is 7.81. The fourth-order valence-electron chi connectivity index (χ4n) is 1.97. The van der Waals surface area contributed by atoms with Crippen molar-refractivity contribution in [3.8, 4) is 5.75 Å². The van der Waals surface area contributed by atoms with E-state index >= 15 is 0 Å². The van der Waals surface area contributed by atoms with E-state index < -0.39 is 0 Å². The quantitative estimate of drug-likeness (QED) is 0.830. The van der Waals surface area contributed by atoms with Gasteiger partial charge in [-0.1, -0.05) is 28.1 Å². The first-order valence-corrected chi connectivity index (χ1v) is 7.30. The third-order valence-electron chi connectivity index (χ3n) is 3.21. The number of anilines is 1. The van der Waals surface area contributed by atoms with Crippen LogP contribution in [0.4, 0.5) is 5.69 Å². The maximum Gasteiger partial charge on any atom is 0.251 e. The summed E-state index contributed by atoms with van der Waals surface area (Å²) in [5, 5.41) is 2.95. The molecular weight excluding hydrogens is 332 g/mol. The van der Waals surface area contributed by atoms with Gasteiger partial charge in [0.25, 0.3) is 5.91 Å². The Labute approximate surface area is 132 Å². The van der Waals surface area contributed by atoms with Gasteiger partial charge >= 0.3 is 0 Å². The summed E-state index contributed by atoms with van der Waals surface area (Å²) < 4.78 is 6.14. The van der Waals surface area contributed by atoms with Gasteiger partial charge in [-0.25, -0.2) is 0 Å². The normalized spacial score (nSPS) is 11.8. The lowest BCUT2D eigenvalue weighted by Crippen LogP contribution is -2.26. The molecule has 0 radical (unpaired) electrons. The number of hydrogen-bond donors (Lipinski definition) is 2. The summed E-state index contributed by atoms with van der Waals surface area (Å²) in [6, 6.07) is 12.7. The van der Waals surface area contributed by atoms with Gasteiger partial charge in [0, 0.05) is 10.0 Å². The first-order chi connectivity index (χ1) is 10.0. The second kappa shape index (κ2) is 6.63. The summed E-state index contributed by atoms with van der Waals surface area (Å²) in [5.74, 6) is 0.336. The van der Waals surface area contributed by atoms with Crippen LogP contribution in [-0.2, 0) is 0 Å². The average Bonchev–Trinajstić information content (AvgIpc) is 2.48. The third-order valence-corrected chi connectivity index (χ3v) is 3.74. The molecule has 2 rings (SSSR count). The zero-order chi connectivity index (χ0) is 15.4. The molecule has 3 N–H and O–H groups in total. The highest BCUT2D eigenvalue weighted by Crippen LogP contribution is 2.23. The second-order valence-electron chi connectivity index (χ2n) is 4.70. The number of halogens is 1. The van der Waals surface area contributed by atoms with Crippen LogP contribution >= 0.6 is 15.9 Å². The van der Waals surface area contributed by atoms with E-state index in [1.165, 1.54) is 7.11 Å². The standard InChI is InChI=1S/C16H17BrN2O2/c1-10(11-3-6-13(17)7-4-11)19-16(20)12-5-8-14(18)15(9-12)21-2/h3-10H,18H2,1-2H3,(H,19,20). The summed E-state index contributed by atoms with van der Waals surface area (Å²) in [6.45, 7) is 1.94. The van der Waals surface area contributed by atoms with Gasteiger partial charge in [-0.3, -0.25) is 4.79 Å². The van der Waals surface area contributed by atoms with E-state index in [-0.39, 0.29) is 11.9 Å². The molecule has 0 bridgehead atoms.